The summed E-state index contributed by atoms with van der Waals surface area (Å²) >= 11 is 0. The van der Waals surface area contributed by atoms with Crippen LogP contribution in [0.15, 0.2) is 218 Å². The van der Waals surface area contributed by atoms with Crippen LogP contribution in [0, 0.1) is 0 Å². The summed E-state index contributed by atoms with van der Waals surface area (Å²) in [5, 5.41) is 4.19. The minimum atomic E-state index is -0.403. The van der Waals surface area contributed by atoms with Gasteiger partial charge in [-0.05, 0) is 93.1 Å². The second-order valence-corrected chi connectivity index (χ2v) is 13.1. The summed E-state index contributed by atoms with van der Waals surface area (Å²) < 4.78 is 78.1. The highest BCUT2D eigenvalue weighted by atomic mass is 15.1. The zero-order valence-corrected chi connectivity index (χ0v) is 29.1. The van der Waals surface area contributed by atoms with Crippen molar-refractivity contribution in [2.24, 2.45) is 0 Å². The average molecular weight is 697 g/mol. The first-order chi connectivity index (χ1) is 30.2. The molecule has 0 bridgehead atoms. The van der Waals surface area contributed by atoms with Crippen LogP contribution in [-0.2, 0) is 0 Å². The fourth-order valence-electron chi connectivity index (χ4n) is 7.42. The van der Waals surface area contributed by atoms with E-state index >= 15 is 0 Å². The van der Waals surface area contributed by atoms with Crippen LogP contribution >= 0.6 is 0 Å². The lowest BCUT2D eigenvalue weighted by atomic mass is 9.98. The van der Waals surface area contributed by atoms with Crippen molar-refractivity contribution < 1.29 is 11.0 Å². The maximum atomic E-state index is 9.70. The fraction of sp³-hybridized carbons (Fsp3) is 0. The predicted octanol–water partition coefficient (Wildman–Crippen LogP) is 14.4. The van der Waals surface area contributed by atoms with Gasteiger partial charge in [-0.3, -0.25) is 0 Å². The Bertz CT molecular complexity index is 3280. The van der Waals surface area contributed by atoms with Crippen LogP contribution in [0.5, 0.6) is 0 Å². The Labute approximate surface area is 326 Å². The summed E-state index contributed by atoms with van der Waals surface area (Å²) in [4.78, 5) is 1.35. The Morgan fingerprint density at radius 1 is 0.333 bits per heavy atom. The van der Waals surface area contributed by atoms with Gasteiger partial charge in [-0.2, -0.15) is 0 Å². The van der Waals surface area contributed by atoms with Gasteiger partial charge in [-0.15, -0.1) is 0 Å². The molecule has 10 rings (SSSR count). The number of aromatic nitrogens is 1. The van der Waals surface area contributed by atoms with Crippen LogP contribution < -0.4 is 4.90 Å². The molecule has 0 saturated heterocycles. The molecular weight excluding hydrogens is 653 g/mol. The largest absolute Gasteiger partial charge is 0.311 e. The Balaban J connectivity index is 1.21. The highest BCUT2D eigenvalue weighted by Gasteiger charge is 2.17. The van der Waals surface area contributed by atoms with Gasteiger partial charge in [0.15, 0.2) is 0 Å². The average Bonchev–Trinajstić information content (AvgIpc) is 3.64. The number of hydrogen-bond acceptors (Lipinski definition) is 1. The van der Waals surface area contributed by atoms with Gasteiger partial charge in [0.25, 0.3) is 0 Å². The van der Waals surface area contributed by atoms with Crippen molar-refractivity contribution in [2.45, 2.75) is 0 Å². The van der Waals surface area contributed by atoms with Gasteiger partial charge in [0, 0.05) is 33.4 Å². The second-order valence-electron chi connectivity index (χ2n) is 13.1. The molecule has 0 atom stereocenters. The summed E-state index contributed by atoms with van der Waals surface area (Å²) in [6.07, 6.45) is 0. The number of nitrogens with zero attached hydrogens (tertiary/aromatic N) is 2. The monoisotopic (exact) mass is 696 g/mol. The lowest BCUT2D eigenvalue weighted by Gasteiger charge is -2.26. The van der Waals surface area contributed by atoms with E-state index in [9.17, 15) is 11.0 Å². The number of fused-ring (bicyclic) bond motifs is 4. The van der Waals surface area contributed by atoms with Crippen LogP contribution in [0.3, 0.4) is 0 Å². The van der Waals surface area contributed by atoms with Crippen molar-refractivity contribution >= 4 is 49.6 Å². The lowest BCUT2D eigenvalue weighted by Crippen LogP contribution is -2.09. The molecule has 254 valence electrons. The highest BCUT2D eigenvalue weighted by molar-refractivity contribution is 6.09. The third-order valence-corrected chi connectivity index (χ3v) is 9.95. The smallest absolute Gasteiger partial charge is 0.0645 e. The van der Waals surface area contributed by atoms with E-state index < -0.39 is 12.1 Å². The molecule has 0 radical (unpaired) electrons. The Morgan fingerprint density at radius 2 is 0.852 bits per heavy atom. The first kappa shape index (κ1) is 24.2. The Morgan fingerprint density at radius 3 is 1.54 bits per heavy atom. The van der Waals surface area contributed by atoms with E-state index in [1.807, 2.05) is 109 Å². The van der Waals surface area contributed by atoms with E-state index in [0.29, 0.717) is 22.5 Å². The number of para-hydroxylation sites is 3. The molecule has 2 nitrogen and oxygen atoms in total. The predicted molar refractivity (Wildman–Crippen MR) is 229 cm³/mol. The minimum Gasteiger partial charge on any atom is -0.311 e. The standard InChI is InChI=1S/C52H36N2/c1-2-13-37(14-3-1)38-25-31-42(32-26-38)53(43-33-27-40(28-34-43)46-21-12-16-39-15-4-5-17-45(39)46)44-35-29-41(30-36-44)47-18-6-9-22-50(47)54-51-23-10-7-19-48(51)49-20-8-11-24-52(49)54/h1-36H/i25D,26D,29D,30D,31D,32D,35D,36D. The topological polar surface area (TPSA) is 8.17 Å². The minimum absolute atomic E-state index is 0.0893. The van der Waals surface area contributed by atoms with E-state index in [4.69, 9.17) is 0 Å². The van der Waals surface area contributed by atoms with Gasteiger partial charge < -0.3 is 9.47 Å². The SMILES string of the molecule is [2H]c1c([2H])c(N(c2ccc(-c3cccc4ccccc34)cc2)c2c([2H])c([2H])c(-c3ccccc3-n3c4ccccc4c4ccccc43)c([2H])c2[2H])c([2H])c([2H])c1-c1ccccc1. The number of rotatable bonds is 7. The molecule has 0 saturated carbocycles. The number of hydrogen-bond donors (Lipinski definition) is 0. The van der Waals surface area contributed by atoms with E-state index in [1.165, 1.54) is 4.90 Å². The van der Waals surface area contributed by atoms with Gasteiger partial charge in [0.2, 0.25) is 0 Å². The first-order valence-electron chi connectivity index (χ1n) is 21.9. The molecule has 54 heavy (non-hydrogen) atoms. The molecule has 0 spiro atoms. The molecule has 1 aromatic heterocycles. The van der Waals surface area contributed by atoms with Crippen LogP contribution in [0.2, 0.25) is 0 Å². The van der Waals surface area contributed by atoms with E-state index in [1.54, 1.807) is 42.5 Å². The molecule has 2 heteroatoms. The summed E-state index contributed by atoms with van der Waals surface area (Å²) in [7, 11) is 0. The van der Waals surface area contributed by atoms with Crippen molar-refractivity contribution in [1.29, 1.82) is 0 Å². The van der Waals surface area contributed by atoms with Gasteiger partial charge in [-0.25, -0.2) is 0 Å². The maximum Gasteiger partial charge on any atom is 0.0645 e. The summed E-state index contributed by atoms with van der Waals surface area (Å²) in [5.41, 5.74) is 5.52. The molecule has 0 aliphatic heterocycles. The van der Waals surface area contributed by atoms with Gasteiger partial charge in [-0.1, -0.05) is 164 Å². The van der Waals surface area contributed by atoms with Crippen molar-refractivity contribution in [3.8, 4) is 39.1 Å². The number of anilines is 3. The second kappa shape index (κ2) is 13.4. The summed E-state index contributed by atoms with van der Waals surface area (Å²) in [5.74, 6) is 0. The van der Waals surface area contributed by atoms with Crippen LogP contribution in [-0.4, -0.2) is 4.57 Å². The maximum absolute atomic E-state index is 9.70. The highest BCUT2D eigenvalue weighted by Crippen LogP contribution is 2.40. The van der Waals surface area contributed by atoms with Crippen LogP contribution in [0.1, 0.15) is 11.0 Å². The Kier molecular flexibility index (Phi) is 6.01. The quantitative estimate of drug-likeness (QED) is 0.161. The molecule has 9 aromatic carbocycles. The molecule has 0 unspecified atom stereocenters. The molecule has 0 aliphatic carbocycles. The van der Waals surface area contributed by atoms with E-state index in [2.05, 4.69) is 22.8 Å². The molecule has 10 aromatic rings. The van der Waals surface area contributed by atoms with Crippen molar-refractivity contribution in [1.82, 2.24) is 4.57 Å². The zero-order chi connectivity index (χ0) is 42.8. The van der Waals surface area contributed by atoms with Gasteiger partial charge in [0.1, 0.15) is 0 Å². The Hall–Kier alpha value is -7.16. The molecule has 1 heterocycles. The van der Waals surface area contributed by atoms with Crippen LogP contribution in [0.4, 0.5) is 17.1 Å². The van der Waals surface area contributed by atoms with Crippen molar-refractivity contribution in [2.75, 3.05) is 4.90 Å². The van der Waals surface area contributed by atoms with Crippen molar-refractivity contribution in [3.63, 3.8) is 0 Å². The molecule has 0 N–H and O–H groups in total. The normalized spacial score (nSPS) is 13.4. The fourth-order valence-corrected chi connectivity index (χ4v) is 7.42. The molecule has 0 fully saturated rings. The van der Waals surface area contributed by atoms with Gasteiger partial charge >= 0.3 is 0 Å². The number of benzene rings is 9. The molecule has 0 aliphatic rings. The summed E-state index contributed by atoms with van der Waals surface area (Å²) in [6.45, 7) is 0. The summed E-state index contributed by atoms with van der Waals surface area (Å²) in [6, 6.07) is 50.9. The van der Waals surface area contributed by atoms with E-state index in [-0.39, 0.29) is 58.8 Å². The molecular formula is C52H36N2. The third-order valence-electron chi connectivity index (χ3n) is 9.95. The van der Waals surface area contributed by atoms with E-state index in [0.717, 1.165) is 43.7 Å². The van der Waals surface area contributed by atoms with Crippen molar-refractivity contribution in [3.05, 3.63) is 218 Å². The third kappa shape index (κ3) is 5.53. The van der Waals surface area contributed by atoms with Gasteiger partial charge in [0.05, 0.1) is 27.7 Å². The van der Waals surface area contributed by atoms with Crippen LogP contribution in [0.25, 0.3) is 71.6 Å². The lowest BCUT2D eigenvalue weighted by molar-refractivity contribution is 1.18. The zero-order valence-electron chi connectivity index (χ0n) is 37.1. The molecule has 0 amide bonds. The first-order valence-corrected chi connectivity index (χ1v) is 17.9.